The van der Waals surface area contributed by atoms with Crippen LogP contribution in [0.5, 0.6) is 0 Å². The number of nitrogens with one attached hydrogen (secondary N) is 1. The van der Waals surface area contributed by atoms with E-state index in [-0.39, 0.29) is 5.91 Å². The number of tetrazole rings is 1. The Bertz CT molecular complexity index is 934. The van der Waals surface area contributed by atoms with Crippen molar-refractivity contribution in [2.75, 3.05) is 12.4 Å². The number of hydrogen-bond donors (Lipinski definition) is 1. The molecule has 1 aromatic heterocycles. The standard InChI is InChI=1S/C18H17N5O3/c1-3-23-16(20-21-22-23)13-5-4-6-14(11-13)17(24)19-15-9-7-12(8-10-15)18(25)26-2/h4-11H,3H2,1-2H3,(H,19,24). The van der Waals surface area contributed by atoms with Gasteiger partial charge in [0.1, 0.15) is 0 Å². The summed E-state index contributed by atoms with van der Waals surface area (Å²) in [6.07, 6.45) is 0. The van der Waals surface area contributed by atoms with E-state index >= 15 is 0 Å². The van der Waals surface area contributed by atoms with Crippen LogP contribution in [-0.2, 0) is 11.3 Å². The van der Waals surface area contributed by atoms with E-state index in [4.69, 9.17) is 0 Å². The highest BCUT2D eigenvalue weighted by Crippen LogP contribution is 2.18. The Labute approximate surface area is 149 Å². The van der Waals surface area contributed by atoms with E-state index in [9.17, 15) is 9.59 Å². The number of aryl methyl sites for hydroxylation is 1. The molecule has 0 unspecified atom stereocenters. The molecule has 3 aromatic rings. The number of anilines is 1. The SMILES string of the molecule is CCn1nnnc1-c1cccc(C(=O)Nc2ccc(C(=O)OC)cc2)c1. The van der Waals surface area contributed by atoms with E-state index in [1.807, 2.05) is 13.0 Å². The van der Waals surface area contributed by atoms with Gasteiger partial charge in [-0.15, -0.1) is 5.10 Å². The van der Waals surface area contributed by atoms with Crippen LogP contribution in [0.2, 0.25) is 0 Å². The van der Waals surface area contributed by atoms with Crippen LogP contribution < -0.4 is 5.32 Å². The van der Waals surface area contributed by atoms with Crippen molar-refractivity contribution in [3.05, 3.63) is 59.7 Å². The number of benzene rings is 2. The number of carbonyl (C=O) groups excluding carboxylic acids is 2. The summed E-state index contributed by atoms with van der Waals surface area (Å²) in [5.74, 6) is -0.0954. The predicted molar refractivity (Wildman–Crippen MR) is 94.7 cm³/mol. The van der Waals surface area contributed by atoms with Crippen LogP contribution in [0, 0.1) is 0 Å². The smallest absolute Gasteiger partial charge is 0.337 e. The van der Waals surface area contributed by atoms with Gasteiger partial charge in [-0.05, 0) is 53.7 Å². The van der Waals surface area contributed by atoms with Crippen LogP contribution in [0.15, 0.2) is 48.5 Å². The molecule has 2 aromatic carbocycles. The van der Waals surface area contributed by atoms with Gasteiger partial charge in [-0.25, -0.2) is 9.48 Å². The lowest BCUT2D eigenvalue weighted by molar-refractivity contribution is 0.0600. The molecule has 0 aliphatic carbocycles. The molecule has 8 nitrogen and oxygen atoms in total. The fraction of sp³-hybridized carbons (Fsp3) is 0.167. The number of amides is 1. The quantitative estimate of drug-likeness (QED) is 0.709. The van der Waals surface area contributed by atoms with E-state index < -0.39 is 5.97 Å². The van der Waals surface area contributed by atoms with Gasteiger partial charge in [-0.3, -0.25) is 4.79 Å². The van der Waals surface area contributed by atoms with Gasteiger partial charge in [0.2, 0.25) is 0 Å². The van der Waals surface area contributed by atoms with Crippen molar-refractivity contribution in [3.63, 3.8) is 0 Å². The van der Waals surface area contributed by atoms with Crippen molar-refractivity contribution in [3.8, 4) is 11.4 Å². The van der Waals surface area contributed by atoms with Gasteiger partial charge in [0, 0.05) is 23.4 Å². The van der Waals surface area contributed by atoms with Crippen LogP contribution in [-0.4, -0.2) is 39.2 Å². The highest BCUT2D eigenvalue weighted by Gasteiger charge is 2.12. The number of ether oxygens (including phenoxy) is 1. The van der Waals surface area contributed by atoms with E-state index in [2.05, 4.69) is 25.6 Å². The molecule has 1 amide bonds. The average Bonchev–Trinajstić information content (AvgIpc) is 3.17. The zero-order chi connectivity index (χ0) is 18.5. The first-order chi connectivity index (χ1) is 12.6. The second kappa shape index (κ2) is 7.56. The fourth-order valence-electron chi connectivity index (χ4n) is 2.43. The summed E-state index contributed by atoms with van der Waals surface area (Å²) in [5.41, 5.74) is 2.22. The molecule has 0 saturated heterocycles. The summed E-state index contributed by atoms with van der Waals surface area (Å²) in [4.78, 5) is 23.9. The third-order valence-electron chi connectivity index (χ3n) is 3.78. The van der Waals surface area contributed by atoms with Crippen molar-refractivity contribution in [2.24, 2.45) is 0 Å². The topological polar surface area (TPSA) is 99.0 Å². The van der Waals surface area contributed by atoms with Crippen molar-refractivity contribution in [2.45, 2.75) is 13.5 Å². The summed E-state index contributed by atoms with van der Waals surface area (Å²) < 4.78 is 6.30. The van der Waals surface area contributed by atoms with Crippen LogP contribution in [0.3, 0.4) is 0 Å². The third kappa shape index (κ3) is 3.59. The maximum Gasteiger partial charge on any atom is 0.337 e. The lowest BCUT2D eigenvalue weighted by atomic mass is 10.1. The number of nitrogens with zero attached hydrogens (tertiary/aromatic N) is 4. The molecule has 3 rings (SSSR count). The minimum Gasteiger partial charge on any atom is -0.465 e. The monoisotopic (exact) mass is 351 g/mol. The normalized spacial score (nSPS) is 10.4. The summed E-state index contributed by atoms with van der Waals surface area (Å²) in [5, 5.41) is 14.4. The number of hydrogen-bond acceptors (Lipinski definition) is 6. The first-order valence-corrected chi connectivity index (χ1v) is 7.98. The largest absolute Gasteiger partial charge is 0.465 e. The first kappa shape index (κ1) is 17.3. The molecule has 0 saturated carbocycles. The molecule has 26 heavy (non-hydrogen) atoms. The van der Waals surface area contributed by atoms with E-state index in [1.54, 1.807) is 47.1 Å². The summed E-state index contributed by atoms with van der Waals surface area (Å²) >= 11 is 0. The molecule has 0 atom stereocenters. The lowest BCUT2D eigenvalue weighted by Crippen LogP contribution is -2.12. The highest BCUT2D eigenvalue weighted by molar-refractivity contribution is 6.05. The zero-order valence-electron chi connectivity index (χ0n) is 14.3. The molecule has 1 heterocycles. The molecule has 0 bridgehead atoms. The number of carbonyl (C=O) groups is 2. The Balaban J connectivity index is 1.78. The Morgan fingerprint density at radius 3 is 2.58 bits per heavy atom. The van der Waals surface area contributed by atoms with Crippen molar-refractivity contribution in [1.29, 1.82) is 0 Å². The summed E-state index contributed by atoms with van der Waals surface area (Å²) in [6.45, 7) is 2.57. The fourth-order valence-corrected chi connectivity index (χ4v) is 2.43. The molecule has 132 valence electrons. The second-order valence-corrected chi connectivity index (χ2v) is 5.42. The molecule has 0 spiro atoms. The second-order valence-electron chi connectivity index (χ2n) is 5.42. The predicted octanol–water partition coefficient (Wildman–Crippen LogP) is 2.40. The van der Waals surface area contributed by atoms with Crippen LogP contribution in [0.4, 0.5) is 5.69 Å². The minimum absolute atomic E-state index is 0.270. The average molecular weight is 351 g/mol. The van der Waals surface area contributed by atoms with E-state index in [0.29, 0.717) is 29.2 Å². The summed E-state index contributed by atoms with van der Waals surface area (Å²) in [6, 6.07) is 13.5. The maximum atomic E-state index is 12.5. The van der Waals surface area contributed by atoms with Gasteiger partial charge >= 0.3 is 5.97 Å². The van der Waals surface area contributed by atoms with E-state index in [1.165, 1.54) is 7.11 Å². The Morgan fingerprint density at radius 1 is 1.12 bits per heavy atom. The zero-order valence-corrected chi connectivity index (χ0v) is 14.3. The van der Waals surface area contributed by atoms with Crippen LogP contribution >= 0.6 is 0 Å². The molecule has 1 N–H and O–H groups in total. The Hall–Kier alpha value is -3.55. The molecular weight excluding hydrogens is 334 g/mol. The van der Waals surface area contributed by atoms with Crippen LogP contribution in [0.1, 0.15) is 27.6 Å². The minimum atomic E-state index is -0.427. The highest BCUT2D eigenvalue weighted by atomic mass is 16.5. The van der Waals surface area contributed by atoms with Gasteiger partial charge in [0.05, 0.1) is 12.7 Å². The maximum absolute atomic E-state index is 12.5. The Morgan fingerprint density at radius 2 is 1.88 bits per heavy atom. The molecule has 0 aliphatic heterocycles. The van der Waals surface area contributed by atoms with Gasteiger partial charge < -0.3 is 10.1 Å². The third-order valence-corrected chi connectivity index (χ3v) is 3.78. The van der Waals surface area contributed by atoms with Crippen molar-refractivity contribution >= 4 is 17.6 Å². The lowest BCUT2D eigenvalue weighted by Gasteiger charge is -2.08. The number of aromatic nitrogens is 4. The first-order valence-electron chi connectivity index (χ1n) is 7.98. The molecule has 0 radical (unpaired) electrons. The van der Waals surface area contributed by atoms with Crippen LogP contribution in [0.25, 0.3) is 11.4 Å². The van der Waals surface area contributed by atoms with Gasteiger partial charge in [0.25, 0.3) is 5.91 Å². The molecular formula is C18H17N5O3. The summed E-state index contributed by atoms with van der Waals surface area (Å²) in [7, 11) is 1.32. The van der Waals surface area contributed by atoms with Gasteiger partial charge in [-0.1, -0.05) is 12.1 Å². The Kier molecular flexibility index (Phi) is 5.02. The van der Waals surface area contributed by atoms with Gasteiger partial charge in [0.15, 0.2) is 5.82 Å². The van der Waals surface area contributed by atoms with Gasteiger partial charge in [-0.2, -0.15) is 0 Å². The number of rotatable bonds is 5. The molecule has 0 fully saturated rings. The van der Waals surface area contributed by atoms with E-state index in [0.717, 1.165) is 5.56 Å². The number of esters is 1. The number of methoxy groups -OCH3 is 1. The van der Waals surface area contributed by atoms with Crippen molar-refractivity contribution < 1.29 is 14.3 Å². The van der Waals surface area contributed by atoms with Crippen molar-refractivity contribution in [1.82, 2.24) is 20.2 Å². The molecule has 0 aliphatic rings. The molecule has 8 heteroatoms.